The van der Waals surface area contributed by atoms with Crippen molar-refractivity contribution < 1.29 is 19.5 Å². The maximum atomic E-state index is 10.9. The van der Waals surface area contributed by atoms with Crippen molar-refractivity contribution in [1.29, 1.82) is 0 Å². The first-order valence-electron chi connectivity index (χ1n) is 4.57. The van der Waals surface area contributed by atoms with Gasteiger partial charge >= 0.3 is 5.97 Å². The largest absolute Gasteiger partial charge is 0.507 e. The lowest BCUT2D eigenvalue weighted by Crippen LogP contribution is -1.96. The third-order valence-electron chi connectivity index (χ3n) is 2.20. The predicted octanol–water partition coefficient (Wildman–Crippen LogP) is 2.05. The average molecular weight is 219 g/mol. The van der Waals surface area contributed by atoms with Gasteiger partial charge in [0.25, 0.3) is 0 Å². The van der Waals surface area contributed by atoms with Crippen LogP contribution in [0.1, 0.15) is 15.9 Å². The summed E-state index contributed by atoms with van der Waals surface area (Å²) in [5.74, 6) is -1.11. The van der Waals surface area contributed by atoms with Crippen molar-refractivity contribution in [3.8, 4) is 17.1 Å². The van der Waals surface area contributed by atoms with Crippen LogP contribution in [0, 0.1) is 6.92 Å². The number of carboxylic acid groups (broad SMARTS) is 1. The van der Waals surface area contributed by atoms with Crippen LogP contribution >= 0.6 is 0 Å². The van der Waals surface area contributed by atoms with Crippen LogP contribution < -0.4 is 0 Å². The molecule has 0 aliphatic rings. The Labute approximate surface area is 90.9 Å². The molecule has 0 spiro atoms. The average Bonchev–Trinajstić information content (AvgIpc) is 2.66. The fourth-order valence-electron chi connectivity index (χ4n) is 1.42. The van der Waals surface area contributed by atoms with Crippen molar-refractivity contribution in [1.82, 2.24) is 5.16 Å². The molecule has 0 bridgehead atoms. The summed E-state index contributed by atoms with van der Waals surface area (Å²) < 4.78 is 4.84. The number of aryl methyl sites for hydroxylation is 1. The standard InChI is InChI=1S/C11H9NO4/c1-6-2-3-7(9(13)4-6)10-8(11(14)15)5-12-16-10/h2-5,13H,1H3,(H,14,15). The molecule has 2 N–H and O–H groups in total. The summed E-state index contributed by atoms with van der Waals surface area (Å²) in [5.41, 5.74) is 1.12. The minimum Gasteiger partial charge on any atom is -0.507 e. The second-order valence-corrected chi connectivity index (χ2v) is 3.39. The van der Waals surface area contributed by atoms with Gasteiger partial charge in [-0.3, -0.25) is 0 Å². The number of aromatic carboxylic acids is 1. The molecule has 0 amide bonds. The molecule has 16 heavy (non-hydrogen) atoms. The zero-order valence-electron chi connectivity index (χ0n) is 8.47. The van der Waals surface area contributed by atoms with Gasteiger partial charge in [-0.2, -0.15) is 0 Å². The number of benzene rings is 1. The smallest absolute Gasteiger partial charge is 0.341 e. The molecule has 0 aliphatic heterocycles. The van der Waals surface area contributed by atoms with E-state index in [0.717, 1.165) is 11.8 Å². The minimum absolute atomic E-state index is 0.0285. The highest BCUT2D eigenvalue weighted by Gasteiger charge is 2.19. The minimum atomic E-state index is -1.14. The van der Waals surface area contributed by atoms with E-state index in [2.05, 4.69) is 5.16 Å². The maximum absolute atomic E-state index is 10.9. The van der Waals surface area contributed by atoms with E-state index in [0.29, 0.717) is 5.56 Å². The van der Waals surface area contributed by atoms with Crippen molar-refractivity contribution in [3.63, 3.8) is 0 Å². The molecule has 0 fully saturated rings. The molecule has 1 aromatic carbocycles. The van der Waals surface area contributed by atoms with E-state index in [1.165, 1.54) is 6.07 Å². The number of aromatic hydroxyl groups is 1. The third-order valence-corrected chi connectivity index (χ3v) is 2.20. The van der Waals surface area contributed by atoms with Gasteiger partial charge in [0.05, 0.1) is 11.8 Å². The zero-order valence-corrected chi connectivity index (χ0v) is 8.47. The lowest BCUT2D eigenvalue weighted by atomic mass is 10.1. The van der Waals surface area contributed by atoms with Crippen molar-refractivity contribution in [2.75, 3.05) is 0 Å². The molecule has 82 valence electrons. The Morgan fingerprint density at radius 1 is 1.44 bits per heavy atom. The van der Waals surface area contributed by atoms with Gasteiger partial charge in [-0.25, -0.2) is 4.79 Å². The lowest BCUT2D eigenvalue weighted by molar-refractivity contribution is 0.0697. The lowest BCUT2D eigenvalue weighted by Gasteiger charge is -2.02. The van der Waals surface area contributed by atoms with Crippen LogP contribution in [-0.2, 0) is 0 Å². The van der Waals surface area contributed by atoms with E-state index in [4.69, 9.17) is 9.63 Å². The second kappa shape index (κ2) is 3.69. The first kappa shape index (κ1) is 10.2. The van der Waals surface area contributed by atoms with Gasteiger partial charge in [0.2, 0.25) is 0 Å². The van der Waals surface area contributed by atoms with Gasteiger partial charge in [-0.1, -0.05) is 11.2 Å². The quantitative estimate of drug-likeness (QED) is 0.807. The van der Waals surface area contributed by atoms with E-state index in [1.807, 2.05) is 6.92 Å². The van der Waals surface area contributed by atoms with Crippen LogP contribution in [0.4, 0.5) is 0 Å². The Balaban J connectivity index is 2.59. The summed E-state index contributed by atoms with van der Waals surface area (Å²) in [4.78, 5) is 10.9. The van der Waals surface area contributed by atoms with Crippen LogP contribution in [0.3, 0.4) is 0 Å². The van der Waals surface area contributed by atoms with Crippen molar-refractivity contribution in [3.05, 3.63) is 35.5 Å². The second-order valence-electron chi connectivity index (χ2n) is 3.39. The van der Waals surface area contributed by atoms with E-state index < -0.39 is 5.97 Å². The van der Waals surface area contributed by atoms with Crippen LogP contribution in [-0.4, -0.2) is 21.3 Å². The maximum Gasteiger partial charge on any atom is 0.341 e. The molecular formula is C11H9NO4. The molecule has 0 saturated carbocycles. The summed E-state index contributed by atoms with van der Waals surface area (Å²) in [5, 5.41) is 22.0. The SMILES string of the molecule is Cc1ccc(-c2oncc2C(=O)O)c(O)c1. The fourth-order valence-corrected chi connectivity index (χ4v) is 1.42. The molecule has 0 radical (unpaired) electrons. The van der Waals surface area contributed by atoms with E-state index in [9.17, 15) is 9.90 Å². The summed E-state index contributed by atoms with van der Waals surface area (Å²) in [7, 11) is 0. The molecule has 0 unspecified atom stereocenters. The summed E-state index contributed by atoms with van der Waals surface area (Å²) in [6, 6.07) is 4.88. The van der Waals surface area contributed by atoms with E-state index in [-0.39, 0.29) is 17.1 Å². The Bertz CT molecular complexity index is 545. The summed E-state index contributed by atoms with van der Waals surface area (Å²) in [6.07, 6.45) is 1.11. The highest BCUT2D eigenvalue weighted by Crippen LogP contribution is 2.32. The Hall–Kier alpha value is -2.30. The van der Waals surface area contributed by atoms with Crippen molar-refractivity contribution in [2.45, 2.75) is 6.92 Å². The Kier molecular flexibility index (Phi) is 2.36. The van der Waals surface area contributed by atoms with Gasteiger partial charge < -0.3 is 14.7 Å². The van der Waals surface area contributed by atoms with Gasteiger partial charge in [0, 0.05) is 0 Å². The van der Waals surface area contributed by atoms with Gasteiger partial charge in [0.1, 0.15) is 11.3 Å². The number of nitrogens with zero attached hydrogens (tertiary/aromatic N) is 1. The molecule has 0 atom stereocenters. The van der Waals surface area contributed by atoms with E-state index in [1.54, 1.807) is 12.1 Å². The zero-order chi connectivity index (χ0) is 11.7. The topological polar surface area (TPSA) is 83.6 Å². The molecule has 0 aliphatic carbocycles. The number of carbonyl (C=O) groups is 1. The third kappa shape index (κ3) is 1.63. The predicted molar refractivity (Wildman–Crippen MR) is 55.3 cm³/mol. The molecule has 0 saturated heterocycles. The fraction of sp³-hybridized carbons (Fsp3) is 0.0909. The number of phenols is 1. The van der Waals surface area contributed by atoms with Crippen LogP contribution in [0.15, 0.2) is 28.9 Å². The number of hydrogen-bond acceptors (Lipinski definition) is 4. The van der Waals surface area contributed by atoms with Crippen molar-refractivity contribution in [2.24, 2.45) is 0 Å². The summed E-state index contributed by atoms with van der Waals surface area (Å²) in [6.45, 7) is 1.82. The molecule has 5 nitrogen and oxygen atoms in total. The number of carboxylic acids is 1. The highest BCUT2D eigenvalue weighted by molar-refractivity contribution is 5.94. The monoisotopic (exact) mass is 219 g/mol. The normalized spacial score (nSPS) is 10.3. The number of phenolic OH excluding ortho intramolecular Hbond substituents is 1. The molecule has 2 aromatic rings. The first-order chi connectivity index (χ1) is 7.59. The van der Waals surface area contributed by atoms with Crippen LogP contribution in [0.2, 0.25) is 0 Å². The van der Waals surface area contributed by atoms with E-state index >= 15 is 0 Å². The number of hydrogen-bond donors (Lipinski definition) is 2. The number of rotatable bonds is 2. The van der Waals surface area contributed by atoms with Gasteiger partial charge in [-0.15, -0.1) is 0 Å². The highest BCUT2D eigenvalue weighted by atomic mass is 16.5. The first-order valence-corrected chi connectivity index (χ1v) is 4.57. The Morgan fingerprint density at radius 2 is 2.19 bits per heavy atom. The van der Waals surface area contributed by atoms with Crippen molar-refractivity contribution >= 4 is 5.97 Å². The molecule has 1 heterocycles. The summed E-state index contributed by atoms with van der Waals surface area (Å²) >= 11 is 0. The molecule has 1 aromatic heterocycles. The van der Waals surface area contributed by atoms with Gasteiger partial charge in [-0.05, 0) is 24.6 Å². The molecule has 5 heteroatoms. The van der Waals surface area contributed by atoms with Crippen LogP contribution in [0.25, 0.3) is 11.3 Å². The van der Waals surface area contributed by atoms with Crippen LogP contribution in [0.5, 0.6) is 5.75 Å². The van der Waals surface area contributed by atoms with Gasteiger partial charge in [0.15, 0.2) is 5.76 Å². The molecular weight excluding hydrogens is 210 g/mol. The number of aromatic nitrogens is 1. The Morgan fingerprint density at radius 3 is 2.81 bits per heavy atom. The molecule has 2 rings (SSSR count).